The molecule has 0 aliphatic carbocycles. The Morgan fingerprint density at radius 3 is 2.48 bits per heavy atom. The minimum Gasteiger partial charge on any atom is -0.318 e. The van der Waals surface area contributed by atoms with Crippen LogP contribution >= 0.6 is 23.2 Å². The number of amides is 2. The first-order chi connectivity index (χ1) is 13.0. The van der Waals surface area contributed by atoms with Crippen LogP contribution in [-0.2, 0) is 0 Å². The Hall–Kier alpha value is -2.76. The van der Waals surface area contributed by atoms with Crippen LogP contribution in [0.1, 0.15) is 17.0 Å². The van der Waals surface area contributed by atoms with E-state index in [4.69, 9.17) is 23.2 Å². The van der Waals surface area contributed by atoms with Crippen LogP contribution in [0.3, 0.4) is 0 Å². The van der Waals surface area contributed by atoms with E-state index in [1.165, 1.54) is 0 Å². The molecule has 7 heteroatoms. The largest absolute Gasteiger partial charge is 0.339 e. The number of carbonyl (C=O) groups excluding carboxylic acids is 1. The van der Waals surface area contributed by atoms with Gasteiger partial charge in [0.15, 0.2) is 0 Å². The highest BCUT2D eigenvalue weighted by molar-refractivity contribution is 6.42. The highest BCUT2D eigenvalue weighted by Crippen LogP contribution is 2.27. The molecular formula is C20H18Cl2N4O. The standard InChI is InChI=1S/C20H18Cl2N4O/c1-13-10-15(12-23-25-20(27)24-16-6-4-3-5-7-16)14(2)26(13)17-8-9-18(21)19(22)11-17/h3-12H,1-2H3,(H2,24,25,27)/b23-12-. The van der Waals surface area contributed by atoms with E-state index >= 15 is 0 Å². The summed E-state index contributed by atoms with van der Waals surface area (Å²) in [5.74, 6) is 0. The molecule has 0 saturated carbocycles. The second-order valence-electron chi connectivity index (χ2n) is 5.95. The number of hydrogen-bond donors (Lipinski definition) is 2. The number of hydrogen-bond acceptors (Lipinski definition) is 2. The molecule has 1 heterocycles. The Kier molecular flexibility index (Phi) is 5.84. The lowest BCUT2D eigenvalue weighted by Crippen LogP contribution is -2.24. The van der Waals surface area contributed by atoms with Crippen molar-refractivity contribution in [2.24, 2.45) is 5.10 Å². The smallest absolute Gasteiger partial charge is 0.318 e. The van der Waals surface area contributed by atoms with Crippen molar-refractivity contribution in [2.75, 3.05) is 5.32 Å². The second-order valence-corrected chi connectivity index (χ2v) is 6.76. The van der Waals surface area contributed by atoms with Crippen LogP contribution in [0.25, 0.3) is 5.69 Å². The fourth-order valence-corrected chi connectivity index (χ4v) is 3.07. The van der Waals surface area contributed by atoms with Crippen LogP contribution in [0.4, 0.5) is 10.5 Å². The minimum absolute atomic E-state index is 0.407. The molecule has 3 rings (SSSR count). The number of urea groups is 1. The van der Waals surface area contributed by atoms with Crippen molar-refractivity contribution in [1.29, 1.82) is 0 Å². The summed E-state index contributed by atoms with van der Waals surface area (Å²) >= 11 is 12.1. The Labute approximate surface area is 167 Å². The summed E-state index contributed by atoms with van der Waals surface area (Å²) < 4.78 is 2.05. The van der Waals surface area contributed by atoms with Gasteiger partial charge >= 0.3 is 6.03 Å². The molecule has 0 aliphatic heterocycles. The van der Waals surface area contributed by atoms with Gasteiger partial charge in [-0.15, -0.1) is 0 Å². The average Bonchev–Trinajstić information content (AvgIpc) is 2.92. The molecule has 1 aromatic heterocycles. The Morgan fingerprint density at radius 1 is 1.04 bits per heavy atom. The van der Waals surface area contributed by atoms with Gasteiger partial charge in [0.2, 0.25) is 0 Å². The Balaban J connectivity index is 1.73. The highest BCUT2D eigenvalue weighted by Gasteiger charge is 2.11. The molecule has 0 atom stereocenters. The van der Waals surface area contributed by atoms with Crippen molar-refractivity contribution >= 4 is 41.1 Å². The molecule has 2 N–H and O–H groups in total. The van der Waals surface area contributed by atoms with Crippen LogP contribution < -0.4 is 10.7 Å². The van der Waals surface area contributed by atoms with Gasteiger partial charge in [0.05, 0.1) is 16.3 Å². The molecular weight excluding hydrogens is 383 g/mol. The molecule has 0 aliphatic rings. The summed E-state index contributed by atoms with van der Waals surface area (Å²) in [6.07, 6.45) is 1.61. The summed E-state index contributed by atoms with van der Waals surface area (Å²) in [6.45, 7) is 3.96. The maximum absolute atomic E-state index is 11.9. The normalized spacial score (nSPS) is 11.0. The van der Waals surface area contributed by atoms with E-state index in [1.807, 2.05) is 54.8 Å². The quantitative estimate of drug-likeness (QED) is 0.437. The number of nitrogens with zero attached hydrogens (tertiary/aromatic N) is 2. The highest BCUT2D eigenvalue weighted by atomic mass is 35.5. The summed E-state index contributed by atoms with van der Waals surface area (Å²) in [5.41, 5.74) is 6.95. The van der Waals surface area contributed by atoms with Crippen molar-refractivity contribution in [2.45, 2.75) is 13.8 Å². The van der Waals surface area contributed by atoms with Crippen LogP contribution in [0.15, 0.2) is 59.7 Å². The van der Waals surface area contributed by atoms with Gasteiger partial charge in [-0.25, -0.2) is 10.2 Å². The third-order valence-corrected chi connectivity index (χ3v) is 4.77. The number of carbonyl (C=O) groups is 1. The van der Waals surface area contributed by atoms with E-state index in [-0.39, 0.29) is 0 Å². The zero-order valence-electron chi connectivity index (χ0n) is 14.8. The van der Waals surface area contributed by atoms with E-state index in [2.05, 4.69) is 15.8 Å². The molecule has 0 fully saturated rings. The fourth-order valence-electron chi connectivity index (χ4n) is 2.78. The summed E-state index contributed by atoms with van der Waals surface area (Å²) in [6, 6.07) is 16.2. The van der Waals surface area contributed by atoms with Crippen LogP contribution in [-0.4, -0.2) is 16.8 Å². The van der Waals surface area contributed by atoms with Crippen molar-refractivity contribution in [3.05, 3.63) is 81.6 Å². The van der Waals surface area contributed by atoms with Crippen molar-refractivity contribution in [3.8, 4) is 5.69 Å². The molecule has 2 aromatic carbocycles. The van der Waals surface area contributed by atoms with Crippen LogP contribution in [0.2, 0.25) is 10.0 Å². The zero-order chi connectivity index (χ0) is 19.4. The fraction of sp³-hybridized carbons (Fsp3) is 0.100. The number of hydrazone groups is 1. The number of halogens is 2. The molecule has 5 nitrogen and oxygen atoms in total. The Bertz CT molecular complexity index is 997. The third kappa shape index (κ3) is 4.51. The van der Waals surface area contributed by atoms with Gasteiger partial charge in [0.1, 0.15) is 0 Å². The van der Waals surface area contributed by atoms with Gasteiger partial charge in [0, 0.05) is 28.3 Å². The summed E-state index contributed by atoms with van der Waals surface area (Å²) in [7, 11) is 0. The predicted octanol–water partition coefficient (Wildman–Crippen LogP) is 5.56. The lowest BCUT2D eigenvalue weighted by atomic mass is 10.2. The maximum atomic E-state index is 11.9. The summed E-state index contributed by atoms with van der Waals surface area (Å²) in [5, 5.41) is 7.74. The third-order valence-electron chi connectivity index (χ3n) is 4.03. The van der Waals surface area contributed by atoms with Gasteiger partial charge < -0.3 is 9.88 Å². The predicted molar refractivity (Wildman–Crippen MR) is 111 cm³/mol. The van der Waals surface area contributed by atoms with Gasteiger partial charge in [-0.2, -0.15) is 5.10 Å². The molecule has 0 unspecified atom stereocenters. The SMILES string of the molecule is Cc1cc(/C=N\NC(=O)Nc2ccccc2)c(C)n1-c1ccc(Cl)c(Cl)c1. The van der Waals surface area contributed by atoms with Crippen LogP contribution in [0.5, 0.6) is 0 Å². The first-order valence-corrected chi connectivity index (χ1v) is 9.01. The number of benzene rings is 2. The number of rotatable bonds is 4. The molecule has 3 aromatic rings. The van der Waals surface area contributed by atoms with Gasteiger partial charge in [-0.3, -0.25) is 0 Å². The lowest BCUT2D eigenvalue weighted by molar-refractivity contribution is 0.252. The first kappa shape index (κ1) is 19.0. The number of anilines is 1. The number of aromatic nitrogens is 1. The van der Waals surface area contributed by atoms with Gasteiger partial charge in [-0.1, -0.05) is 41.4 Å². The molecule has 2 amide bonds. The second kappa shape index (κ2) is 8.29. The van der Waals surface area contributed by atoms with E-state index in [0.29, 0.717) is 15.7 Å². The van der Waals surface area contributed by atoms with E-state index in [0.717, 1.165) is 22.6 Å². The van der Waals surface area contributed by atoms with Gasteiger partial charge in [-0.05, 0) is 50.2 Å². The minimum atomic E-state index is -0.407. The van der Waals surface area contributed by atoms with Crippen LogP contribution in [0, 0.1) is 13.8 Å². The molecule has 138 valence electrons. The molecule has 0 bridgehead atoms. The number of aryl methyl sites for hydroxylation is 1. The van der Waals surface area contributed by atoms with Crippen molar-refractivity contribution in [1.82, 2.24) is 9.99 Å². The van der Waals surface area contributed by atoms with Crippen molar-refractivity contribution in [3.63, 3.8) is 0 Å². The number of para-hydroxylation sites is 1. The van der Waals surface area contributed by atoms with E-state index < -0.39 is 6.03 Å². The monoisotopic (exact) mass is 400 g/mol. The maximum Gasteiger partial charge on any atom is 0.339 e. The Morgan fingerprint density at radius 2 is 1.78 bits per heavy atom. The number of nitrogens with one attached hydrogen (secondary N) is 2. The van der Waals surface area contributed by atoms with E-state index in [1.54, 1.807) is 24.4 Å². The molecule has 0 saturated heterocycles. The average molecular weight is 401 g/mol. The topological polar surface area (TPSA) is 58.4 Å². The zero-order valence-corrected chi connectivity index (χ0v) is 16.3. The van der Waals surface area contributed by atoms with Gasteiger partial charge in [0.25, 0.3) is 0 Å². The van der Waals surface area contributed by atoms with E-state index in [9.17, 15) is 4.79 Å². The first-order valence-electron chi connectivity index (χ1n) is 8.25. The van der Waals surface area contributed by atoms with Crippen molar-refractivity contribution < 1.29 is 4.79 Å². The lowest BCUT2D eigenvalue weighted by Gasteiger charge is -2.10. The molecule has 27 heavy (non-hydrogen) atoms. The summed E-state index contributed by atoms with van der Waals surface area (Å²) in [4.78, 5) is 11.9. The molecule has 0 radical (unpaired) electrons. The molecule has 0 spiro atoms.